The van der Waals surface area contributed by atoms with Crippen molar-refractivity contribution in [3.05, 3.63) is 28.5 Å². The van der Waals surface area contributed by atoms with Crippen molar-refractivity contribution in [2.24, 2.45) is 0 Å². The Morgan fingerprint density at radius 3 is 2.75 bits per heavy atom. The van der Waals surface area contributed by atoms with E-state index < -0.39 is 11.7 Å². The minimum atomic E-state index is -0.507. The van der Waals surface area contributed by atoms with Crippen molar-refractivity contribution in [2.45, 2.75) is 32.8 Å². The van der Waals surface area contributed by atoms with Crippen LogP contribution in [0.1, 0.15) is 27.2 Å². The minimum absolute atomic E-state index is 0.306. The molecule has 0 radical (unpaired) electrons. The zero-order valence-corrected chi connectivity index (χ0v) is 13.4. The van der Waals surface area contributed by atoms with Crippen LogP contribution in [-0.2, 0) is 4.74 Å². The first-order valence-corrected chi connectivity index (χ1v) is 7.12. The molecule has 20 heavy (non-hydrogen) atoms. The summed E-state index contributed by atoms with van der Waals surface area (Å²) < 4.78 is 24.0. The lowest BCUT2D eigenvalue weighted by Gasteiger charge is -2.19. The van der Waals surface area contributed by atoms with Crippen molar-refractivity contribution in [1.82, 2.24) is 5.32 Å². The molecular weight excluding hydrogens is 329 g/mol. The number of alkyl carbamates (subject to hydrolysis) is 1. The van der Waals surface area contributed by atoms with E-state index in [0.29, 0.717) is 29.8 Å². The molecule has 4 nitrogen and oxygen atoms in total. The maximum absolute atomic E-state index is 13.2. The summed E-state index contributed by atoms with van der Waals surface area (Å²) in [5.74, 6) is 0.0802. The lowest BCUT2D eigenvalue weighted by molar-refractivity contribution is 0.0525. The predicted octanol–water partition coefficient (Wildman–Crippen LogP) is 3.88. The summed E-state index contributed by atoms with van der Waals surface area (Å²) in [4.78, 5) is 11.4. The van der Waals surface area contributed by atoms with Crippen LogP contribution in [0, 0.1) is 5.82 Å². The number of hydrogen-bond acceptors (Lipinski definition) is 3. The summed E-state index contributed by atoms with van der Waals surface area (Å²) in [6.07, 6.45) is 0.145. The smallest absolute Gasteiger partial charge is 0.407 e. The molecule has 0 fully saturated rings. The van der Waals surface area contributed by atoms with Crippen molar-refractivity contribution in [3.63, 3.8) is 0 Å². The highest BCUT2D eigenvalue weighted by atomic mass is 79.9. The highest BCUT2D eigenvalue weighted by Crippen LogP contribution is 2.27. The van der Waals surface area contributed by atoms with Gasteiger partial charge >= 0.3 is 6.09 Å². The van der Waals surface area contributed by atoms with E-state index in [1.54, 1.807) is 32.9 Å². The Balaban J connectivity index is 2.23. The summed E-state index contributed by atoms with van der Waals surface area (Å²) in [6.45, 7) is 6.21. The third-order valence-electron chi connectivity index (χ3n) is 2.16. The molecule has 0 aliphatic heterocycles. The number of amides is 1. The molecule has 1 aromatic carbocycles. The molecule has 1 aromatic rings. The van der Waals surface area contributed by atoms with Crippen molar-refractivity contribution in [3.8, 4) is 5.75 Å². The molecular formula is C14H19BrFNO3. The zero-order chi connectivity index (χ0) is 15.2. The highest BCUT2D eigenvalue weighted by Gasteiger charge is 2.15. The van der Waals surface area contributed by atoms with E-state index in [1.165, 1.54) is 6.07 Å². The Hall–Kier alpha value is -1.30. The van der Waals surface area contributed by atoms with E-state index in [2.05, 4.69) is 21.2 Å². The predicted molar refractivity (Wildman–Crippen MR) is 78.4 cm³/mol. The molecule has 0 spiro atoms. The summed E-state index contributed by atoms with van der Waals surface area (Å²) in [6, 6.07) is 4.60. The van der Waals surface area contributed by atoms with Gasteiger partial charge < -0.3 is 14.8 Å². The van der Waals surface area contributed by atoms with E-state index in [1.807, 2.05) is 0 Å². The number of ether oxygens (including phenoxy) is 2. The Kier molecular flexibility index (Phi) is 6.26. The fourth-order valence-electron chi connectivity index (χ4n) is 1.35. The first kappa shape index (κ1) is 16.8. The SMILES string of the molecule is CC(C)(C)OC(=O)NCCCOc1cccc(F)c1Br. The molecule has 1 rings (SSSR count). The Bertz CT molecular complexity index is 460. The largest absolute Gasteiger partial charge is 0.492 e. The average Bonchev–Trinajstić information content (AvgIpc) is 2.31. The van der Waals surface area contributed by atoms with Gasteiger partial charge in [0.05, 0.1) is 11.1 Å². The van der Waals surface area contributed by atoms with E-state index in [0.717, 1.165) is 0 Å². The topological polar surface area (TPSA) is 47.6 Å². The van der Waals surface area contributed by atoms with Gasteiger partial charge in [-0.2, -0.15) is 0 Å². The van der Waals surface area contributed by atoms with E-state index in [4.69, 9.17) is 9.47 Å². The summed E-state index contributed by atoms with van der Waals surface area (Å²) in [5.41, 5.74) is -0.507. The van der Waals surface area contributed by atoms with Crippen LogP contribution in [0.3, 0.4) is 0 Å². The molecule has 1 N–H and O–H groups in total. The first-order chi connectivity index (χ1) is 9.29. The normalized spacial score (nSPS) is 11.1. The van der Waals surface area contributed by atoms with Crippen molar-refractivity contribution in [1.29, 1.82) is 0 Å². The van der Waals surface area contributed by atoms with Crippen LogP contribution in [0.25, 0.3) is 0 Å². The Morgan fingerprint density at radius 1 is 1.40 bits per heavy atom. The van der Waals surface area contributed by atoms with Gasteiger partial charge in [0.2, 0.25) is 0 Å². The lowest BCUT2D eigenvalue weighted by atomic mass is 10.2. The van der Waals surface area contributed by atoms with Crippen LogP contribution in [-0.4, -0.2) is 24.8 Å². The number of carbonyl (C=O) groups is 1. The third-order valence-corrected chi connectivity index (χ3v) is 2.93. The van der Waals surface area contributed by atoms with Crippen LogP contribution in [0.5, 0.6) is 5.75 Å². The van der Waals surface area contributed by atoms with E-state index >= 15 is 0 Å². The first-order valence-electron chi connectivity index (χ1n) is 6.33. The number of benzene rings is 1. The molecule has 6 heteroatoms. The van der Waals surface area contributed by atoms with Gasteiger partial charge in [0.1, 0.15) is 17.2 Å². The van der Waals surface area contributed by atoms with Gasteiger partial charge in [-0.1, -0.05) is 6.07 Å². The second-order valence-corrected chi connectivity index (χ2v) is 5.98. The molecule has 0 aliphatic rings. The van der Waals surface area contributed by atoms with E-state index in [9.17, 15) is 9.18 Å². The van der Waals surface area contributed by atoms with Crippen LogP contribution in [0.15, 0.2) is 22.7 Å². The molecule has 0 saturated carbocycles. The fourth-order valence-corrected chi connectivity index (χ4v) is 1.73. The third kappa shape index (κ3) is 6.23. The van der Waals surface area contributed by atoms with E-state index in [-0.39, 0.29) is 5.82 Å². The highest BCUT2D eigenvalue weighted by molar-refractivity contribution is 9.10. The lowest BCUT2D eigenvalue weighted by Crippen LogP contribution is -2.33. The number of carbonyl (C=O) groups excluding carboxylic acids is 1. The summed E-state index contributed by atoms with van der Waals surface area (Å²) >= 11 is 3.12. The molecule has 0 aromatic heterocycles. The molecule has 0 aliphatic carbocycles. The quantitative estimate of drug-likeness (QED) is 0.822. The fraction of sp³-hybridized carbons (Fsp3) is 0.500. The van der Waals surface area contributed by atoms with Crippen LogP contribution < -0.4 is 10.1 Å². The number of hydrogen-bond donors (Lipinski definition) is 1. The molecule has 112 valence electrons. The van der Waals surface area contributed by atoms with Gasteiger partial charge in [0.25, 0.3) is 0 Å². The monoisotopic (exact) mass is 347 g/mol. The molecule has 0 heterocycles. The number of rotatable bonds is 5. The zero-order valence-electron chi connectivity index (χ0n) is 11.8. The van der Waals surface area contributed by atoms with Gasteiger partial charge in [-0.25, -0.2) is 9.18 Å². The van der Waals surface area contributed by atoms with Crippen LogP contribution in [0.2, 0.25) is 0 Å². The number of halogens is 2. The maximum atomic E-state index is 13.2. The maximum Gasteiger partial charge on any atom is 0.407 e. The van der Waals surface area contributed by atoms with Crippen LogP contribution in [0.4, 0.5) is 9.18 Å². The van der Waals surface area contributed by atoms with Crippen molar-refractivity contribution in [2.75, 3.05) is 13.2 Å². The standard InChI is InChI=1S/C14H19BrFNO3/c1-14(2,3)20-13(18)17-8-5-9-19-11-7-4-6-10(16)12(11)15/h4,6-7H,5,8-9H2,1-3H3,(H,17,18). The Morgan fingerprint density at radius 2 is 2.10 bits per heavy atom. The molecule has 0 saturated heterocycles. The molecule has 1 amide bonds. The summed E-state index contributed by atoms with van der Waals surface area (Å²) in [5, 5.41) is 2.62. The minimum Gasteiger partial charge on any atom is -0.492 e. The van der Waals surface area contributed by atoms with Gasteiger partial charge in [-0.05, 0) is 55.3 Å². The average molecular weight is 348 g/mol. The number of nitrogens with one attached hydrogen (secondary N) is 1. The van der Waals surface area contributed by atoms with Gasteiger partial charge in [-0.15, -0.1) is 0 Å². The van der Waals surface area contributed by atoms with Gasteiger partial charge in [0, 0.05) is 6.54 Å². The Labute approximate surface area is 126 Å². The molecule has 0 atom stereocenters. The summed E-state index contributed by atoms with van der Waals surface area (Å²) in [7, 11) is 0. The molecule has 0 bridgehead atoms. The molecule has 0 unspecified atom stereocenters. The van der Waals surface area contributed by atoms with Crippen molar-refractivity contribution < 1.29 is 18.7 Å². The van der Waals surface area contributed by atoms with Crippen molar-refractivity contribution >= 4 is 22.0 Å². The van der Waals surface area contributed by atoms with Gasteiger partial charge in [0.15, 0.2) is 0 Å². The second-order valence-electron chi connectivity index (χ2n) is 5.18. The second kappa shape index (κ2) is 7.47. The van der Waals surface area contributed by atoms with Gasteiger partial charge in [-0.3, -0.25) is 0 Å². The van der Waals surface area contributed by atoms with Crippen LogP contribution >= 0.6 is 15.9 Å².